The van der Waals surface area contributed by atoms with Crippen molar-refractivity contribution in [2.45, 2.75) is 19.5 Å². The quantitative estimate of drug-likeness (QED) is 0.337. The number of halogens is 2. The van der Waals surface area contributed by atoms with Gasteiger partial charge in [-0.05, 0) is 47.0 Å². The van der Waals surface area contributed by atoms with E-state index in [9.17, 15) is 0 Å². The average Bonchev–Trinajstić information content (AvgIpc) is 3.13. The SMILES string of the molecule is Brc1cccnc1.CCC1N(SC)CCN1SC.[Cl][Ru]=[CH]c1ccccc1. The molecule has 0 spiro atoms. The van der Waals surface area contributed by atoms with E-state index in [1.54, 1.807) is 12.4 Å². The number of benzene rings is 1. The normalized spacial score (nSPS) is 15.4. The molecule has 1 saturated heterocycles. The van der Waals surface area contributed by atoms with Gasteiger partial charge < -0.3 is 0 Å². The Morgan fingerprint density at radius 1 is 1.15 bits per heavy atom. The minimum absolute atomic E-state index is 0.0765. The Bertz CT molecular complexity index is 625. The van der Waals surface area contributed by atoms with E-state index >= 15 is 0 Å². The number of nitrogens with zero attached hydrogens (tertiary/aromatic N) is 3. The van der Waals surface area contributed by atoms with Crippen LogP contribution in [0.15, 0.2) is 59.3 Å². The van der Waals surface area contributed by atoms with Crippen LogP contribution in [0, 0.1) is 0 Å². The standard InChI is InChI=1S/C7H16N2S2.C7H6.C5H4BrN.ClH.Ru/c1-4-7-8(10-2)5-6-9(7)11-3;1-7-5-3-2-4-6-7;6-5-2-1-3-7-4-5;;/h7H,4-6H2,1-3H3;1-6H;1-4H;1H;/q;;;;+1/p-1. The van der Waals surface area contributed by atoms with Gasteiger partial charge in [-0.3, -0.25) is 4.98 Å². The van der Waals surface area contributed by atoms with E-state index in [-0.39, 0.29) is 15.7 Å². The monoisotopic (exact) mass is 576 g/mol. The first-order chi connectivity index (χ1) is 13.2. The van der Waals surface area contributed by atoms with Crippen molar-refractivity contribution in [3.05, 3.63) is 64.9 Å². The molecule has 1 aliphatic rings. The van der Waals surface area contributed by atoms with E-state index in [4.69, 9.17) is 9.69 Å². The first-order valence-electron chi connectivity index (χ1n) is 8.43. The Hall–Kier alpha value is 0.253. The number of rotatable bonds is 4. The van der Waals surface area contributed by atoms with E-state index in [0.717, 1.165) is 4.47 Å². The number of aromatic nitrogens is 1. The summed E-state index contributed by atoms with van der Waals surface area (Å²) in [6.07, 6.45) is 9.69. The van der Waals surface area contributed by atoms with Crippen molar-refractivity contribution in [2.75, 3.05) is 25.6 Å². The Kier molecular flexibility index (Phi) is 15.1. The summed E-state index contributed by atoms with van der Waals surface area (Å²) in [5.74, 6) is 0. The van der Waals surface area contributed by atoms with Crippen LogP contribution in [0.2, 0.25) is 0 Å². The van der Waals surface area contributed by atoms with Crippen molar-refractivity contribution in [3.8, 4) is 0 Å². The summed E-state index contributed by atoms with van der Waals surface area (Å²) in [5, 5.41) is 0. The molecular formula is C19H26BrClN3RuS2. The second-order valence-corrected chi connectivity index (χ2v) is 9.67. The van der Waals surface area contributed by atoms with Gasteiger partial charge in [-0.25, -0.2) is 8.61 Å². The number of hydrogen-bond acceptors (Lipinski definition) is 5. The van der Waals surface area contributed by atoms with Crippen LogP contribution in [-0.4, -0.2) is 50.0 Å². The van der Waals surface area contributed by atoms with E-state index in [1.807, 2.05) is 54.2 Å². The number of hydrogen-bond donors (Lipinski definition) is 0. The molecule has 0 atom stereocenters. The van der Waals surface area contributed by atoms with Gasteiger partial charge in [-0.15, -0.1) is 0 Å². The zero-order valence-corrected chi connectivity index (χ0v) is 21.5. The molecule has 0 unspecified atom stereocenters. The number of pyridine rings is 1. The van der Waals surface area contributed by atoms with Gasteiger partial charge in [-0.2, -0.15) is 0 Å². The first-order valence-corrected chi connectivity index (χ1v) is 14.8. The van der Waals surface area contributed by atoms with Gasteiger partial charge >= 0.3 is 65.9 Å². The molecule has 0 radical (unpaired) electrons. The fraction of sp³-hybridized carbons (Fsp3) is 0.368. The van der Waals surface area contributed by atoms with Crippen molar-refractivity contribution in [3.63, 3.8) is 0 Å². The predicted octanol–water partition coefficient (Wildman–Crippen LogP) is 5.81. The van der Waals surface area contributed by atoms with Crippen LogP contribution < -0.4 is 0 Å². The van der Waals surface area contributed by atoms with Gasteiger partial charge in [0.1, 0.15) is 0 Å². The predicted molar refractivity (Wildman–Crippen MR) is 124 cm³/mol. The summed E-state index contributed by atoms with van der Waals surface area (Å²) in [4.78, 5) is 3.84. The van der Waals surface area contributed by atoms with Crippen LogP contribution in [0.25, 0.3) is 0 Å². The first kappa shape index (κ1) is 25.3. The Morgan fingerprint density at radius 2 is 1.78 bits per heavy atom. The zero-order valence-electron chi connectivity index (χ0n) is 15.7. The van der Waals surface area contributed by atoms with Gasteiger partial charge in [0.15, 0.2) is 0 Å². The molecule has 1 aliphatic heterocycles. The molecule has 151 valence electrons. The van der Waals surface area contributed by atoms with E-state index < -0.39 is 0 Å². The fourth-order valence-corrected chi connectivity index (χ4v) is 5.33. The van der Waals surface area contributed by atoms with Gasteiger partial charge in [0, 0.05) is 30.0 Å². The molecule has 1 aromatic heterocycles. The third-order valence-electron chi connectivity index (χ3n) is 3.62. The maximum atomic E-state index is 5.57. The zero-order chi connectivity index (χ0) is 19.9. The van der Waals surface area contributed by atoms with Gasteiger partial charge in [0.05, 0.1) is 6.17 Å². The van der Waals surface area contributed by atoms with Crippen molar-refractivity contribution >= 4 is 54.1 Å². The topological polar surface area (TPSA) is 19.4 Å². The van der Waals surface area contributed by atoms with Crippen molar-refractivity contribution in [2.24, 2.45) is 0 Å². The van der Waals surface area contributed by atoms with Crippen molar-refractivity contribution in [1.82, 2.24) is 13.6 Å². The summed E-state index contributed by atoms with van der Waals surface area (Å²) in [7, 11) is 5.57. The van der Waals surface area contributed by atoms with E-state index in [1.165, 1.54) is 25.1 Å². The molecule has 8 heteroatoms. The molecule has 27 heavy (non-hydrogen) atoms. The summed E-state index contributed by atoms with van der Waals surface area (Å²) in [6, 6.07) is 13.9. The second kappa shape index (κ2) is 16.1. The minimum atomic E-state index is -0.0765. The van der Waals surface area contributed by atoms with Crippen LogP contribution >= 0.6 is 49.5 Å². The summed E-state index contributed by atoms with van der Waals surface area (Å²) >= 11 is 6.90. The molecule has 1 fully saturated rings. The molecular weight excluding hydrogens is 551 g/mol. The maximum absolute atomic E-state index is 5.57. The molecule has 3 nitrogen and oxygen atoms in total. The molecule has 0 aliphatic carbocycles. The molecule has 1 aromatic carbocycles. The van der Waals surface area contributed by atoms with Crippen LogP contribution in [0.5, 0.6) is 0 Å². The van der Waals surface area contributed by atoms with E-state index in [2.05, 4.69) is 65.7 Å². The summed E-state index contributed by atoms with van der Waals surface area (Å²) in [5.41, 5.74) is 1.23. The van der Waals surface area contributed by atoms with Crippen LogP contribution in [0.3, 0.4) is 0 Å². The molecule has 3 rings (SSSR count). The van der Waals surface area contributed by atoms with Crippen LogP contribution in [-0.2, 0) is 15.7 Å². The van der Waals surface area contributed by atoms with Crippen LogP contribution in [0.1, 0.15) is 18.9 Å². The summed E-state index contributed by atoms with van der Waals surface area (Å²) < 4.78 is 8.00. The fourth-order valence-electron chi connectivity index (χ4n) is 2.38. The summed E-state index contributed by atoms with van der Waals surface area (Å²) in [6.45, 7) is 4.67. The second-order valence-electron chi connectivity index (χ2n) is 5.30. The van der Waals surface area contributed by atoms with Crippen molar-refractivity contribution in [1.29, 1.82) is 0 Å². The molecule has 2 heterocycles. The Morgan fingerprint density at radius 3 is 2.15 bits per heavy atom. The molecule has 0 bridgehead atoms. The van der Waals surface area contributed by atoms with Crippen LogP contribution in [0.4, 0.5) is 0 Å². The molecule has 0 N–H and O–H groups in total. The van der Waals surface area contributed by atoms with Gasteiger partial charge in [0.25, 0.3) is 0 Å². The van der Waals surface area contributed by atoms with Gasteiger partial charge in [0.2, 0.25) is 0 Å². The van der Waals surface area contributed by atoms with Crippen molar-refractivity contribution < 1.29 is 15.7 Å². The Balaban J connectivity index is 0.000000208. The molecule has 0 amide bonds. The average molecular weight is 577 g/mol. The Labute approximate surface area is 192 Å². The third kappa shape index (κ3) is 10.6. The van der Waals surface area contributed by atoms with E-state index in [0.29, 0.717) is 6.17 Å². The van der Waals surface area contributed by atoms with Gasteiger partial charge in [-0.1, -0.05) is 30.8 Å². The molecule has 2 aromatic rings. The molecule has 0 saturated carbocycles. The third-order valence-corrected chi connectivity index (χ3v) is 7.11.